The molecule has 4 heteroatoms. The van der Waals surface area contributed by atoms with Crippen molar-refractivity contribution in [2.24, 2.45) is 5.73 Å². The molecule has 0 aromatic rings. The largest absolute Gasteiger partial charge is 0.355 e. The highest BCUT2D eigenvalue weighted by Crippen LogP contribution is 2.21. The second-order valence-electron chi connectivity index (χ2n) is 5.29. The zero-order valence-electron chi connectivity index (χ0n) is 12.0. The molecule has 0 aromatic heterocycles. The Morgan fingerprint density at radius 1 is 1.50 bits per heavy atom. The summed E-state index contributed by atoms with van der Waals surface area (Å²) in [6.45, 7) is 6.71. The summed E-state index contributed by atoms with van der Waals surface area (Å²) in [7, 11) is 0. The third-order valence-corrected chi connectivity index (χ3v) is 3.88. The summed E-state index contributed by atoms with van der Waals surface area (Å²) in [6.07, 6.45) is 6.84. The maximum Gasteiger partial charge on any atom is 0.237 e. The highest BCUT2D eigenvalue weighted by Gasteiger charge is 2.29. The summed E-state index contributed by atoms with van der Waals surface area (Å²) in [5, 5.41) is 3.03. The van der Waals surface area contributed by atoms with E-state index < -0.39 is 0 Å². The fourth-order valence-electron chi connectivity index (χ4n) is 2.72. The van der Waals surface area contributed by atoms with Gasteiger partial charge in [-0.15, -0.1) is 0 Å². The van der Waals surface area contributed by atoms with Crippen LogP contribution in [-0.2, 0) is 4.79 Å². The molecule has 1 rings (SSSR count). The minimum Gasteiger partial charge on any atom is -0.355 e. The number of piperidine rings is 1. The second kappa shape index (κ2) is 8.48. The Bertz CT molecular complexity index is 243. The number of hydrogen-bond donors (Lipinski definition) is 2. The van der Waals surface area contributed by atoms with Gasteiger partial charge < -0.3 is 11.1 Å². The first kappa shape index (κ1) is 15.4. The summed E-state index contributed by atoms with van der Waals surface area (Å²) in [5.74, 6) is 0.173. The van der Waals surface area contributed by atoms with E-state index in [2.05, 4.69) is 17.1 Å². The van der Waals surface area contributed by atoms with Crippen LogP contribution in [0, 0.1) is 0 Å². The Morgan fingerprint density at radius 3 is 2.94 bits per heavy atom. The number of rotatable bonds is 7. The van der Waals surface area contributed by atoms with Gasteiger partial charge >= 0.3 is 0 Å². The van der Waals surface area contributed by atoms with Crippen molar-refractivity contribution in [1.82, 2.24) is 10.2 Å². The first-order valence-electron chi connectivity index (χ1n) is 7.44. The van der Waals surface area contributed by atoms with E-state index in [9.17, 15) is 4.79 Å². The van der Waals surface area contributed by atoms with Crippen molar-refractivity contribution in [2.45, 2.75) is 64.5 Å². The van der Waals surface area contributed by atoms with Crippen LogP contribution >= 0.6 is 0 Å². The Morgan fingerprint density at radius 2 is 2.28 bits per heavy atom. The first-order chi connectivity index (χ1) is 8.70. The maximum absolute atomic E-state index is 12.1. The molecule has 1 saturated heterocycles. The molecule has 2 atom stereocenters. The van der Waals surface area contributed by atoms with E-state index in [1.165, 1.54) is 19.3 Å². The second-order valence-corrected chi connectivity index (χ2v) is 5.29. The lowest BCUT2D eigenvalue weighted by molar-refractivity contribution is -0.127. The average Bonchev–Trinajstić information content (AvgIpc) is 2.39. The number of carbonyl (C=O) groups is 1. The molecular formula is C14H29N3O. The molecule has 1 aliphatic heterocycles. The Balaban J connectivity index is 2.45. The van der Waals surface area contributed by atoms with E-state index in [1.807, 2.05) is 6.92 Å². The molecule has 1 amide bonds. The number of unbranched alkanes of at least 4 members (excludes halogenated alkanes) is 1. The summed E-state index contributed by atoms with van der Waals surface area (Å²) in [4.78, 5) is 14.4. The molecule has 1 fully saturated rings. The van der Waals surface area contributed by atoms with Crippen LogP contribution in [0.4, 0.5) is 0 Å². The number of nitrogens with zero attached hydrogens (tertiary/aromatic N) is 1. The highest BCUT2D eigenvalue weighted by molar-refractivity contribution is 5.81. The van der Waals surface area contributed by atoms with E-state index in [1.54, 1.807) is 0 Å². The molecule has 0 radical (unpaired) electrons. The molecule has 0 saturated carbocycles. The molecular weight excluding hydrogens is 226 g/mol. The van der Waals surface area contributed by atoms with E-state index in [4.69, 9.17) is 5.73 Å². The van der Waals surface area contributed by atoms with Gasteiger partial charge in [0.25, 0.3) is 0 Å². The molecule has 18 heavy (non-hydrogen) atoms. The van der Waals surface area contributed by atoms with Gasteiger partial charge in [-0.05, 0) is 45.7 Å². The molecule has 0 bridgehead atoms. The molecule has 3 N–H and O–H groups in total. The third-order valence-electron chi connectivity index (χ3n) is 3.88. The van der Waals surface area contributed by atoms with Crippen molar-refractivity contribution < 1.29 is 4.79 Å². The van der Waals surface area contributed by atoms with Gasteiger partial charge in [-0.3, -0.25) is 9.69 Å². The van der Waals surface area contributed by atoms with Crippen LogP contribution in [0.3, 0.4) is 0 Å². The van der Waals surface area contributed by atoms with E-state index in [0.717, 1.165) is 32.4 Å². The maximum atomic E-state index is 12.1. The van der Waals surface area contributed by atoms with E-state index in [-0.39, 0.29) is 11.9 Å². The molecule has 106 valence electrons. The fraction of sp³-hybridized carbons (Fsp3) is 0.929. The Labute approximate surface area is 111 Å². The predicted molar refractivity (Wildman–Crippen MR) is 75.4 cm³/mol. The van der Waals surface area contributed by atoms with Gasteiger partial charge in [-0.1, -0.05) is 19.8 Å². The van der Waals surface area contributed by atoms with Crippen molar-refractivity contribution in [3.05, 3.63) is 0 Å². The standard InChI is InChI=1S/C14H29N3O/c1-3-4-10-16-14(18)12(2)17-11-6-5-7-13(17)8-9-15/h12-13H,3-11,15H2,1-2H3,(H,16,18). The first-order valence-corrected chi connectivity index (χ1v) is 7.44. The van der Waals surface area contributed by atoms with Gasteiger partial charge in [0.05, 0.1) is 6.04 Å². The molecule has 0 spiro atoms. The number of likely N-dealkylation sites (tertiary alicyclic amines) is 1. The van der Waals surface area contributed by atoms with Crippen LogP contribution in [-0.4, -0.2) is 42.5 Å². The molecule has 4 nitrogen and oxygen atoms in total. The lowest BCUT2D eigenvalue weighted by atomic mass is 9.97. The van der Waals surface area contributed by atoms with Crippen molar-refractivity contribution in [2.75, 3.05) is 19.6 Å². The van der Waals surface area contributed by atoms with Crippen molar-refractivity contribution >= 4 is 5.91 Å². The van der Waals surface area contributed by atoms with Gasteiger partial charge in [0.1, 0.15) is 0 Å². The van der Waals surface area contributed by atoms with E-state index in [0.29, 0.717) is 12.6 Å². The monoisotopic (exact) mass is 255 g/mol. The third kappa shape index (κ3) is 4.58. The van der Waals surface area contributed by atoms with Crippen LogP contribution in [0.1, 0.15) is 52.4 Å². The van der Waals surface area contributed by atoms with Crippen LogP contribution in [0.25, 0.3) is 0 Å². The van der Waals surface area contributed by atoms with Gasteiger partial charge in [0.15, 0.2) is 0 Å². The minimum absolute atomic E-state index is 0.0151. The normalized spacial score (nSPS) is 22.7. The lowest BCUT2D eigenvalue weighted by Crippen LogP contribution is -2.52. The van der Waals surface area contributed by atoms with Gasteiger partial charge in [0, 0.05) is 12.6 Å². The van der Waals surface area contributed by atoms with Crippen molar-refractivity contribution in [1.29, 1.82) is 0 Å². The minimum atomic E-state index is -0.0151. The van der Waals surface area contributed by atoms with Gasteiger partial charge in [0.2, 0.25) is 5.91 Å². The quantitative estimate of drug-likeness (QED) is 0.678. The number of carbonyl (C=O) groups excluding carboxylic acids is 1. The van der Waals surface area contributed by atoms with Crippen LogP contribution in [0.15, 0.2) is 0 Å². The van der Waals surface area contributed by atoms with Crippen LogP contribution in [0.2, 0.25) is 0 Å². The van der Waals surface area contributed by atoms with Crippen LogP contribution < -0.4 is 11.1 Å². The van der Waals surface area contributed by atoms with Crippen molar-refractivity contribution in [3.63, 3.8) is 0 Å². The predicted octanol–water partition coefficient (Wildman–Crippen LogP) is 1.49. The zero-order chi connectivity index (χ0) is 13.4. The van der Waals surface area contributed by atoms with E-state index >= 15 is 0 Å². The molecule has 2 unspecified atom stereocenters. The smallest absolute Gasteiger partial charge is 0.237 e. The fourth-order valence-corrected chi connectivity index (χ4v) is 2.72. The zero-order valence-corrected chi connectivity index (χ0v) is 12.0. The Kier molecular flexibility index (Phi) is 7.28. The SMILES string of the molecule is CCCCNC(=O)C(C)N1CCCCC1CCN. The number of amides is 1. The van der Waals surface area contributed by atoms with Crippen molar-refractivity contribution in [3.8, 4) is 0 Å². The number of hydrogen-bond acceptors (Lipinski definition) is 3. The topological polar surface area (TPSA) is 58.4 Å². The lowest BCUT2D eigenvalue weighted by Gasteiger charge is -2.39. The summed E-state index contributed by atoms with van der Waals surface area (Å²) < 4.78 is 0. The van der Waals surface area contributed by atoms with Gasteiger partial charge in [-0.2, -0.15) is 0 Å². The Hall–Kier alpha value is -0.610. The average molecular weight is 255 g/mol. The number of nitrogens with one attached hydrogen (secondary N) is 1. The molecule has 0 aromatic carbocycles. The highest BCUT2D eigenvalue weighted by atomic mass is 16.2. The molecule has 0 aliphatic carbocycles. The molecule has 1 aliphatic rings. The van der Waals surface area contributed by atoms with Gasteiger partial charge in [-0.25, -0.2) is 0 Å². The molecule has 1 heterocycles. The number of nitrogens with two attached hydrogens (primary N) is 1. The summed E-state index contributed by atoms with van der Waals surface area (Å²) >= 11 is 0. The summed E-state index contributed by atoms with van der Waals surface area (Å²) in [6, 6.07) is 0.481. The van der Waals surface area contributed by atoms with Crippen LogP contribution in [0.5, 0.6) is 0 Å². The summed E-state index contributed by atoms with van der Waals surface area (Å²) in [5.41, 5.74) is 5.67.